The molecule has 1 aliphatic heterocycles. The number of ether oxygens (including phenoxy) is 2. The molecule has 1 N–H and O–H groups in total. The minimum Gasteiger partial charge on any atom is -0.483 e. The largest absolute Gasteiger partial charge is 0.483 e. The summed E-state index contributed by atoms with van der Waals surface area (Å²) in [5, 5.41) is 2.82. The van der Waals surface area contributed by atoms with Crippen LogP contribution < -0.4 is 10.1 Å². The van der Waals surface area contributed by atoms with Crippen molar-refractivity contribution in [2.75, 3.05) is 19.8 Å². The van der Waals surface area contributed by atoms with Crippen molar-refractivity contribution in [1.29, 1.82) is 0 Å². The second kappa shape index (κ2) is 6.91. The molecule has 1 aliphatic rings. The molecular weight excluding hydrogens is 310 g/mol. The van der Waals surface area contributed by atoms with Crippen LogP contribution in [0, 0.1) is 6.92 Å². The third-order valence-electron chi connectivity index (χ3n) is 3.00. The molecular formula is C14H18BrNO3. The van der Waals surface area contributed by atoms with Gasteiger partial charge in [0.15, 0.2) is 6.61 Å². The summed E-state index contributed by atoms with van der Waals surface area (Å²) in [6.07, 6.45) is 2.26. The van der Waals surface area contributed by atoms with Crippen molar-refractivity contribution in [1.82, 2.24) is 5.32 Å². The van der Waals surface area contributed by atoms with Crippen molar-refractivity contribution < 1.29 is 14.3 Å². The summed E-state index contributed by atoms with van der Waals surface area (Å²) in [6, 6.07) is 5.76. The highest BCUT2D eigenvalue weighted by molar-refractivity contribution is 9.10. The lowest BCUT2D eigenvalue weighted by molar-refractivity contribution is -0.123. The molecule has 1 unspecified atom stereocenters. The zero-order valence-electron chi connectivity index (χ0n) is 10.9. The van der Waals surface area contributed by atoms with Gasteiger partial charge in [0, 0.05) is 13.2 Å². The number of hydrogen-bond donors (Lipinski definition) is 1. The summed E-state index contributed by atoms with van der Waals surface area (Å²) in [4.78, 5) is 11.6. The van der Waals surface area contributed by atoms with E-state index in [9.17, 15) is 4.79 Å². The lowest BCUT2D eigenvalue weighted by atomic mass is 10.2. The number of benzene rings is 1. The van der Waals surface area contributed by atoms with Gasteiger partial charge in [0.25, 0.3) is 5.91 Å². The van der Waals surface area contributed by atoms with Crippen LogP contribution in [0.25, 0.3) is 0 Å². The first-order chi connectivity index (χ1) is 9.15. The molecule has 0 aliphatic carbocycles. The number of hydrogen-bond acceptors (Lipinski definition) is 3. The Morgan fingerprint density at radius 2 is 2.42 bits per heavy atom. The van der Waals surface area contributed by atoms with Gasteiger partial charge < -0.3 is 14.8 Å². The zero-order valence-corrected chi connectivity index (χ0v) is 12.5. The van der Waals surface area contributed by atoms with Crippen LogP contribution in [0.5, 0.6) is 5.75 Å². The molecule has 1 saturated heterocycles. The second-order valence-corrected chi connectivity index (χ2v) is 5.52. The van der Waals surface area contributed by atoms with Gasteiger partial charge in [-0.3, -0.25) is 4.79 Å². The molecule has 0 saturated carbocycles. The predicted molar refractivity (Wildman–Crippen MR) is 76.4 cm³/mol. The number of halogens is 1. The van der Waals surface area contributed by atoms with E-state index in [1.54, 1.807) is 0 Å². The van der Waals surface area contributed by atoms with Crippen molar-refractivity contribution in [3.63, 3.8) is 0 Å². The Balaban J connectivity index is 1.73. The van der Waals surface area contributed by atoms with E-state index in [1.807, 2.05) is 25.1 Å². The monoisotopic (exact) mass is 327 g/mol. The van der Waals surface area contributed by atoms with E-state index in [0.717, 1.165) is 29.5 Å². The van der Waals surface area contributed by atoms with Crippen LogP contribution in [0.15, 0.2) is 22.7 Å². The molecule has 1 aromatic rings. The van der Waals surface area contributed by atoms with Crippen molar-refractivity contribution in [2.24, 2.45) is 0 Å². The predicted octanol–water partition coefficient (Wildman–Crippen LogP) is 2.43. The molecule has 1 aromatic carbocycles. The van der Waals surface area contributed by atoms with Crippen molar-refractivity contribution in [2.45, 2.75) is 25.9 Å². The highest BCUT2D eigenvalue weighted by Gasteiger charge is 2.16. The molecule has 1 heterocycles. The molecule has 0 bridgehead atoms. The van der Waals surface area contributed by atoms with Crippen molar-refractivity contribution in [3.05, 3.63) is 28.2 Å². The zero-order chi connectivity index (χ0) is 13.7. The molecule has 2 rings (SSSR count). The van der Waals surface area contributed by atoms with Gasteiger partial charge in [-0.2, -0.15) is 0 Å². The Morgan fingerprint density at radius 3 is 3.11 bits per heavy atom. The fraction of sp³-hybridized carbons (Fsp3) is 0.500. The van der Waals surface area contributed by atoms with Gasteiger partial charge >= 0.3 is 0 Å². The van der Waals surface area contributed by atoms with E-state index >= 15 is 0 Å². The Kier molecular flexibility index (Phi) is 5.22. The van der Waals surface area contributed by atoms with E-state index in [1.165, 1.54) is 0 Å². The van der Waals surface area contributed by atoms with Gasteiger partial charge in [-0.05, 0) is 53.4 Å². The van der Waals surface area contributed by atoms with E-state index in [0.29, 0.717) is 12.3 Å². The first kappa shape index (κ1) is 14.3. The number of carbonyl (C=O) groups is 1. The standard InChI is InChI=1S/C14H18BrNO3/c1-10-4-5-13(12(15)7-10)19-9-14(17)16-8-11-3-2-6-18-11/h4-5,7,11H,2-3,6,8-9H2,1H3,(H,16,17). The summed E-state index contributed by atoms with van der Waals surface area (Å²) in [5.74, 6) is 0.556. The lowest BCUT2D eigenvalue weighted by Crippen LogP contribution is -2.35. The lowest BCUT2D eigenvalue weighted by Gasteiger charge is -2.12. The number of amides is 1. The van der Waals surface area contributed by atoms with E-state index in [2.05, 4.69) is 21.2 Å². The summed E-state index contributed by atoms with van der Waals surface area (Å²) >= 11 is 3.41. The Labute approximate surface area is 121 Å². The van der Waals surface area contributed by atoms with Gasteiger partial charge in [-0.1, -0.05) is 6.07 Å². The smallest absolute Gasteiger partial charge is 0.258 e. The molecule has 1 fully saturated rings. The highest BCUT2D eigenvalue weighted by Crippen LogP contribution is 2.25. The Hall–Kier alpha value is -1.07. The Bertz CT molecular complexity index is 444. The topological polar surface area (TPSA) is 47.6 Å². The van der Waals surface area contributed by atoms with E-state index in [-0.39, 0.29) is 18.6 Å². The minimum absolute atomic E-state index is 0.0222. The number of nitrogens with one attached hydrogen (secondary N) is 1. The first-order valence-electron chi connectivity index (χ1n) is 6.42. The maximum atomic E-state index is 11.6. The fourth-order valence-electron chi connectivity index (χ4n) is 1.95. The van der Waals surface area contributed by atoms with Gasteiger partial charge in [-0.15, -0.1) is 0 Å². The van der Waals surface area contributed by atoms with Crippen LogP contribution in [-0.2, 0) is 9.53 Å². The molecule has 1 amide bonds. The van der Waals surface area contributed by atoms with E-state index < -0.39 is 0 Å². The fourth-order valence-corrected chi connectivity index (χ4v) is 2.56. The van der Waals surface area contributed by atoms with Crippen molar-refractivity contribution >= 4 is 21.8 Å². The normalized spacial score (nSPS) is 18.3. The van der Waals surface area contributed by atoms with Gasteiger partial charge in [0.2, 0.25) is 0 Å². The summed E-state index contributed by atoms with van der Waals surface area (Å²) in [6.45, 7) is 3.39. The molecule has 0 spiro atoms. The van der Waals surface area contributed by atoms with E-state index in [4.69, 9.17) is 9.47 Å². The van der Waals surface area contributed by atoms with Crippen LogP contribution in [0.3, 0.4) is 0 Å². The summed E-state index contributed by atoms with van der Waals surface area (Å²) in [5.41, 5.74) is 1.14. The first-order valence-corrected chi connectivity index (χ1v) is 7.21. The summed E-state index contributed by atoms with van der Waals surface area (Å²) in [7, 11) is 0. The molecule has 5 heteroatoms. The van der Waals surface area contributed by atoms with Crippen LogP contribution in [0.1, 0.15) is 18.4 Å². The van der Waals surface area contributed by atoms with Gasteiger partial charge in [0.1, 0.15) is 5.75 Å². The molecule has 0 aromatic heterocycles. The second-order valence-electron chi connectivity index (χ2n) is 4.66. The SMILES string of the molecule is Cc1ccc(OCC(=O)NCC2CCCO2)c(Br)c1. The molecule has 1 atom stereocenters. The third-order valence-corrected chi connectivity index (χ3v) is 3.62. The van der Waals surface area contributed by atoms with Crippen LogP contribution in [0.2, 0.25) is 0 Å². The quantitative estimate of drug-likeness (QED) is 0.903. The molecule has 104 valence electrons. The van der Waals surface area contributed by atoms with Gasteiger partial charge in [-0.25, -0.2) is 0 Å². The average molecular weight is 328 g/mol. The highest BCUT2D eigenvalue weighted by atomic mass is 79.9. The molecule has 4 nitrogen and oxygen atoms in total. The number of aryl methyl sites for hydroxylation is 1. The van der Waals surface area contributed by atoms with Crippen LogP contribution >= 0.6 is 15.9 Å². The Morgan fingerprint density at radius 1 is 1.58 bits per heavy atom. The van der Waals surface area contributed by atoms with Gasteiger partial charge in [0.05, 0.1) is 10.6 Å². The maximum absolute atomic E-state index is 11.6. The summed E-state index contributed by atoms with van der Waals surface area (Å²) < 4.78 is 11.8. The average Bonchev–Trinajstić information content (AvgIpc) is 2.88. The van der Waals surface area contributed by atoms with Crippen LogP contribution in [0.4, 0.5) is 0 Å². The minimum atomic E-state index is -0.122. The third kappa shape index (κ3) is 4.51. The number of carbonyl (C=O) groups excluding carboxylic acids is 1. The van der Waals surface area contributed by atoms with Crippen molar-refractivity contribution in [3.8, 4) is 5.75 Å². The maximum Gasteiger partial charge on any atom is 0.258 e. The molecule has 19 heavy (non-hydrogen) atoms. The van der Waals surface area contributed by atoms with Crippen LogP contribution in [-0.4, -0.2) is 31.8 Å². The molecule has 0 radical (unpaired) electrons. The number of rotatable bonds is 5.